The summed E-state index contributed by atoms with van der Waals surface area (Å²) in [4.78, 5) is 29.4. The molecule has 2 atom stereocenters. The van der Waals surface area contributed by atoms with E-state index in [0.717, 1.165) is 13.0 Å². The number of hydrogen-bond acceptors (Lipinski definition) is 4. The Morgan fingerprint density at radius 3 is 2.86 bits per heavy atom. The summed E-state index contributed by atoms with van der Waals surface area (Å²) in [5.41, 5.74) is 0.700. The van der Waals surface area contributed by atoms with Crippen molar-refractivity contribution in [1.82, 2.24) is 14.5 Å². The molecule has 1 fully saturated rings. The average Bonchev–Trinajstić information content (AvgIpc) is 2.85. The van der Waals surface area contributed by atoms with Gasteiger partial charge in [0.2, 0.25) is 5.91 Å². The molecule has 1 saturated heterocycles. The molecule has 1 aromatic rings. The second kappa shape index (κ2) is 6.26. The lowest BCUT2D eigenvalue weighted by Gasteiger charge is -2.41. The molecule has 0 saturated carbocycles. The van der Waals surface area contributed by atoms with Crippen molar-refractivity contribution in [3.63, 3.8) is 0 Å². The van der Waals surface area contributed by atoms with Gasteiger partial charge < -0.3 is 19.3 Å². The first-order valence-electron chi connectivity index (χ1n) is 7.13. The van der Waals surface area contributed by atoms with Gasteiger partial charge in [-0.15, -0.1) is 0 Å². The molecule has 0 radical (unpaired) electrons. The van der Waals surface area contributed by atoms with E-state index in [1.165, 1.54) is 0 Å². The summed E-state index contributed by atoms with van der Waals surface area (Å²) < 4.78 is 7.16. The number of morpholine rings is 1. The molecule has 0 bridgehead atoms. The maximum Gasteiger partial charge on any atom is 0.335 e. The van der Waals surface area contributed by atoms with E-state index in [1.54, 1.807) is 17.4 Å². The average molecular weight is 295 g/mol. The van der Waals surface area contributed by atoms with Gasteiger partial charge >= 0.3 is 5.97 Å². The van der Waals surface area contributed by atoms with Gasteiger partial charge in [0, 0.05) is 12.6 Å². The summed E-state index contributed by atoms with van der Waals surface area (Å²) in [6.07, 6.45) is 3.10. The number of carbonyl (C=O) groups excluding carboxylic acids is 1. The van der Waals surface area contributed by atoms with E-state index in [1.807, 2.05) is 25.3 Å². The zero-order chi connectivity index (χ0) is 15.6. The van der Waals surface area contributed by atoms with E-state index in [0.29, 0.717) is 5.69 Å². The Kier molecular flexibility index (Phi) is 4.62. The van der Waals surface area contributed by atoms with Gasteiger partial charge in [0.05, 0.1) is 18.2 Å². The minimum atomic E-state index is -1.07. The quantitative estimate of drug-likeness (QED) is 0.878. The normalized spacial score (nSPS) is 22.9. The molecule has 0 aromatic carbocycles. The van der Waals surface area contributed by atoms with Crippen LogP contribution in [0.4, 0.5) is 0 Å². The molecule has 1 aromatic heterocycles. The van der Waals surface area contributed by atoms with Gasteiger partial charge in [-0.25, -0.2) is 9.78 Å². The van der Waals surface area contributed by atoms with Gasteiger partial charge in [0.25, 0.3) is 0 Å². The van der Waals surface area contributed by atoms with Crippen molar-refractivity contribution in [3.05, 3.63) is 18.2 Å². The van der Waals surface area contributed by atoms with Crippen molar-refractivity contribution in [2.75, 3.05) is 6.61 Å². The van der Waals surface area contributed by atoms with Crippen LogP contribution in [0.2, 0.25) is 0 Å². The molecule has 2 heterocycles. The number of nitrogens with zero attached hydrogens (tertiary/aromatic N) is 3. The van der Waals surface area contributed by atoms with Crippen molar-refractivity contribution >= 4 is 11.9 Å². The third-order valence-electron chi connectivity index (χ3n) is 3.57. The number of imidazole rings is 1. The van der Waals surface area contributed by atoms with E-state index in [2.05, 4.69) is 4.98 Å². The minimum Gasteiger partial charge on any atom is -0.479 e. The fourth-order valence-corrected chi connectivity index (χ4v) is 2.75. The number of amides is 1. The lowest BCUT2D eigenvalue weighted by molar-refractivity contribution is -0.175. The van der Waals surface area contributed by atoms with Crippen LogP contribution in [0.3, 0.4) is 0 Å². The Morgan fingerprint density at radius 1 is 1.57 bits per heavy atom. The molecular weight excluding hydrogens is 274 g/mol. The second-order valence-corrected chi connectivity index (χ2v) is 5.42. The van der Waals surface area contributed by atoms with Crippen LogP contribution >= 0.6 is 0 Å². The summed E-state index contributed by atoms with van der Waals surface area (Å²) >= 11 is 0. The number of aliphatic carboxylic acids is 1. The third-order valence-corrected chi connectivity index (χ3v) is 3.57. The lowest BCUT2D eigenvalue weighted by Crippen LogP contribution is -2.54. The summed E-state index contributed by atoms with van der Waals surface area (Å²) in [5, 5.41) is 9.42. The maximum absolute atomic E-state index is 12.2. The first kappa shape index (κ1) is 15.5. The Hall–Kier alpha value is -1.89. The monoisotopic (exact) mass is 295 g/mol. The molecule has 116 valence electrons. The van der Waals surface area contributed by atoms with E-state index >= 15 is 0 Å². The first-order valence-corrected chi connectivity index (χ1v) is 7.13. The maximum atomic E-state index is 12.2. The second-order valence-electron chi connectivity index (χ2n) is 5.42. The van der Waals surface area contributed by atoms with Crippen LogP contribution in [0, 0.1) is 0 Å². The van der Waals surface area contributed by atoms with Gasteiger partial charge in [0.15, 0.2) is 6.10 Å². The molecule has 21 heavy (non-hydrogen) atoms. The van der Waals surface area contributed by atoms with Crippen LogP contribution in [0.5, 0.6) is 0 Å². The molecule has 1 aliphatic rings. The Balaban J connectivity index is 2.46. The Bertz CT molecular complexity index is 526. The first-order chi connectivity index (χ1) is 9.97. The van der Waals surface area contributed by atoms with Crippen molar-refractivity contribution in [3.8, 4) is 0 Å². The highest BCUT2D eigenvalue weighted by molar-refractivity contribution is 5.83. The Morgan fingerprint density at radius 2 is 2.29 bits per heavy atom. The highest BCUT2D eigenvalue weighted by Crippen LogP contribution is 2.32. The van der Waals surface area contributed by atoms with E-state index in [-0.39, 0.29) is 18.6 Å². The van der Waals surface area contributed by atoms with Gasteiger partial charge in [-0.1, -0.05) is 6.92 Å². The molecule has 1 amide bonds. The van der Waals surface area contributed by atoms with E-state index in [9.17, 15) is 14.7 Å². The summed E-state index contributed by atoms with van der Waals surface area (Å²) in [6, 6.07) is -0.768. The minimum absolute atomic E-state index is 0.113. The number of hydrogen-bond donors (Lipinski definition) is 1. The van der Waals surface area contributed by atoms with Crippen LogP contribution in [0.1, 0.15) is 38.9 Å². The highest BCUT2D eigenvalue weighted by atomic mass is 16.5. The van der Waals surface area contributed by atoms with Gasteiger partial charge in [-0.3, -0.25) is 4.79 Å². The zero-order valence-corrected chi connectivity index (χ0v) is 12.5. The van der Waals surface area contributed by atoms with Crippen LogP contribution in [0.15, 0.2) is 12.5 Å². The van der Waals surface area contributed by atoms with Gasteiger partial charge in [-0.05, 0) is 20.3 Å². The Labute approximate surface area is 123 Å². The van der Waals surface area contributed by atoms with Crippen LogP contribution in [-0.2, 0) is 20.9 Å². The van der Waals surface area contributed by atoms with Crippen molar-refractivity contribution < 1.29 is 19.4 Å². The predicted molar refractivity (Wildman–Crippen MR) is 74.6 cm³/mol. The molecule has 2 rings (SSSR count). The lowest BCUT2D eigenvalue weighted by atomic mass is 10.0. The SMILES string of the molecule is CCCn1cncc1C1C(C(=O)O)OCC(=O)N1C(C)C. The zero-order valence-electron chi connectivity index (χ0n) is 12.5. The number of aromatic nitrogens is 2. The van der Waals surface area contributed by atoms with Crippen LogP contribution in [-0.4, -0.2) is 50.2 Å². The molecule has 0 aliphatic carbocycles. The standard InChI is InChI=1S/C14H21N3O4/c1-4-5-16-8-15-6-10(16)12-13(14(19)20)21-7-11(18)17(12)9(2)3/h6,8-9,12-13H,4-5,7H2,1-3H3,(H,19,20). The van der Waals surface area contributed by atoms with Crippen LogP contribution < -0.4 is 0 Å². The van der Waals surface area contributed by atoms with E-state index < -0.39 is 18.1 Å². The number of aryl methyl sites for hydroxylation is 1. The fraction of sp³-hybridized carbons (Fsp3) is 0.643. The number of ether oxygens (including phenoxy) is 1. The van der Waals surface area contributed by atoms with Crippen molar-refractivity contribution in [1.29, 1.82) is 0 Å². The summed E-state index contributed by atoms with van der Waals surface area (Å²) in [6.45, 7) is 6.29. The van der Waals surface area contributed by atoms with Crippen LogP contribution in [0.25, 0.3) is 0 Å². The predicted octanol–water partition coefficient (Wildman–Crippen LogP) is 1.05. The molecule has 1 N–H and O–H groups in total. The van der Waals surface area contributed by atoms with Crippen molar-refractivity contribution in [2.45, 2.75) is 51.9 Å². The number of carboxylic acids is 1. The van der Waals surface area contributed by atoms with Crippen molar-refractivity contribution in [2.24, 2.45) is 0 Å². The molecule has 7 heteroatoms. The van der Waals surface area contributed by atoms with E-state index in [4.69, 9.17) is 4.74 Å². The fourth-order valence-electron chi connectivity index (χ4n) is 2.75. The molecular formula is C14H21N3O4. The molecule has 2 unspecified atom stereocenters. The molecule has 7 nitrogen and oxygen atoms in total. The molecule has 0 spiro atoms. The third kappa shape index (κ3) is 2.92. The number of carboxylic acid groups (broad SMARTS) is 1. The number of carbonyl (C=O) groups is 2. The molecule has 1 aliphatic heterocycles. The van der Waals surface area contributed by atoms with Gasteiger partial charge in [-0.2, -0.15) is 0 Å². The summed E-state index contributed by atoms with van der Waals surface area (Å²) in [5.74, 6) is -1.26. The van der Waals surface area contributed by atoms with Gasteiger partial charge in [0.1, 0.15) is 12.6 Å². The highest BCUT2D eigenvalue weighted by Gasteiger charge is 2.44. The topological polar surface area (TPSA) is 84.7 Å². The largest absolute Gasteiger partial charge is 0.479 e. The number of rotatable bonds is 5. The smallest absolute Gasteiger partial charge is 0.335 e. The summed E-state index contributed by atoms with van der Waals surface area (Å²) in [7, 11) is 0.